The molecule has 1 N–H and O–H groups in total. The molecule has 1 rings (SSSR count). The third kappa shape index (κ3) is 6.95. The summed E-state index contributed by atoms with van der Waals surface area (Å²) < 4.78 is 5.36. The fraction of sp³-hybridized carbons (Fsp3) is 0.438. The average Bonchev–Trinajstić information content (AvgIpc) is 2.43. The predicted octanol–water partition coefficient (Wildman–Crippen LogP) is 2.17. The minimum Gasteiger partial charge on any atom is -0.494 e. The van der Waals surface area contributed by atoms with Crippen LogP contribution in [0.2, 0.25) is 0 Å². The standard InChI is InChI=1S/C16H24N2O2/c1-4-20-15-9-6-14(7-10-15)8-11-16(19)17-12-5-13-18(2)3/h6-11H,4-5,12-13H2,1-3H3,(H,17,19). The molecule has 0 spiro atoms. The van der Waals surface area contributed by atoms with E-state index in [4.69, 9.17) is 4.74 Å². The topological polar surface area (TPSA) is 41.6 Å². The zero-order chi connectivity index (χ0) is 14.8. The van der Waals surface area contributed by atoms with Crippen LogP contribution in [0.4, 0.5) is 0 Å². The lowest BCUT2D eigenvalue weighted by Gasteiger charge is -2.08. The Morgan fingerprint density at radius 3 is 2.60 bits per heavy atom. The summed E-state index contributed by atoms with van der Waals surface area (Å²) in [4.78, 5) is 13.7. The Morgan fingerprint density at radius 2 is 2.00 bits per heavy atom. The lowest BCUT2D eigenvalue weighted by atomic mass is 10.2. The van der Waals surface area contributed by atoms with Crippen molar-refractivity contribution in [2.75, 3.05) is 33.8 Å². The number of benzene rings is 1. The van der Waals surface area contributed by atoms with Gasteiger partial charge in [-0.15, -0.1) is 0 Å². The molecule has 110 valence electrons. The van der Waals surface area contributed by atoms with Crippen molar-refractivity contribution in [3.05, 3.63) is 35.9 Å². The number of amides is 1. The molecule has 0 unspecified atom stereocenters. The van der Waals surface area contributed by atoms with Gasteiger partial charge in [-0.25, -0.2) is 0 Å². The molecular weight excluding hydrogens is 252 g/mol. The number of carbonyl (C=O) groups is 1. The fourth-order valence-corrected chi connectivity index (χ4v) is 1.68. The molecule has 0 radical (unpaired) electrons. The highest BCUT2D eigenvalue weighted by Crippen LogP contribution is 2.12. The van der Waals surface area contributed by atoms with Gasteiger partial charge in [0.05, 0.1) is 6.61 Å². The highest BCUT2D eigenvalue weighted by molar-refractivity contribution is 5.91. The second-order valence-corrected chi connectivity index (χ2v) is 4.78. The second kappa shape index (κ2) is 9.15. The van der Waals surface area contributed by atoms with Crippen molar-refractivity contribution in [1.82, 2.24) is 10.2 Å². The summed E-state index contributed by atoms with van der Waals surface area (Å²) >= 11 is 0. The first-order valence-corrected chi connectivity index (χ1v) is 6.95. The molecule has 0 aliphatic carbocycles. The maximum Gasteiger partial charge on any atom is 0.243 e. The van der Waals surface area contributed by atoms with E-state index in [0.717, 1.165) is 24.3 Å². The number of carbonyl (C=O) groups excluding carboxylic acids is 1. The van der Waals surface area contributed by atoms with Crippen molar-refractivity contribution in [2.24, 2.45) is 0 Å². The SMILES string of the molecule is CCOc1ccc(C=CC(=O)NCCCN(C)C)cc1. The molecule has 0 saturated carbocycles. The quantitative estimate of drug-likeness (QED) is 0.584. The number of rotatable bonds is 8. The summed E-state index contributed by atoms with van der Waals surface area (Å²) in [5, 5.41) is 2.86. The lowest BCUT2D eigenvalue weighted by molar-refractivity contribution is -0.116. The molecule has 1 amide bonds. The maximum atomic E-state index is 11.6. The van der Waals surface area contributed by atoms with Crippen LogP contribution in [0.1, 0.15) is 18.9 Å². The maximum absolute atomic E-state index is 11.6. The van der Waals surface area contributed by atoms with Gasteiger partial charge in [0.1, 0.15) is 5.75 Å². The monoisotopic (exact) mass is 276 g/mol. The van der Waals surface area contributed by atoms with Crippen LogP contribution in [0, 0.1) is 0 Å². The Morgan fingerprint density at radius 1 is 1.30 bits per heavy atom. The van der Waals surface area contributed by atoms with Crippen molar-refractivity contribution in [3.63, 3.8) is 0 Å². The highest BCUT2D eigenvalue weighted by Gasteiger charge is 1.96. The van der Waals surface area contributed by atoms with Gasteiger partial charge in [-0.2, -0.15) is 0 Å². The van der Waals surface area contributed by atoms with Crippen molar-refractivity contribution in [1.29, 1.82) is 0 Å². The van der Waals surface area contributed by atoms with E-state index >= 15 is 0 Å². The zero-order valence-corrected chi connectivity index (χ0v) is 12.6. The Bertz CT molecular complexity index is 425. The number of nitrogens with zero attached hydrogens (tertiary/aromatic N) is 1. The number of hydrogen-bond acceptors (Lipinski definition) is 3. The van der Waals surface area contributed by atoms with Gasteiger partial charge in [-0.05, 0) is 57.8 Å². The van der Waals surface area contributed by atoms with Crippen molar-refractivity contribution in [3.8, 4) is 5.75 Å². The molecule has 4 nitrogen and oxygen atoms in total. The molecule has 0 aromatic heterocycles. The minimum absolute atomic E-state index is 0.0577. The first-order valence-electron chi connectivity index (χ1n) is 6.95. The molecule has 1 aromatic rings. The van der Waals surface area contributed by atoms with Crippen LogP contribution in [-0.2, 0) is 4.79 Å². The van der Waals surface area contributed by atoms with E-state index in [9.17, 15) is 4.79 Å². The van der Waals surface area contributed by atoms with Crippen LogP contribution in [0.25, 0.3) is 6.08 Å². The summed E-state index contributed by atoms with van der Waals surface area (Å²) in [5.41, 5.74) is 0.983. The molecule has 4 heteroatoms. The summed E-state index contributed by atoms with van der Waals surface area (Å²) in [6.07, 6.45) is 4.32. The molecule has 1 aromatic carbocycles. The van der Waals surface area contributed by atoms with E-state index in [2.05, 4.69) is 10.2 Å². The second-order valence-electron chi connectivity index (χ2n) is 4.78. The molecule has 0 bridgehead atoms. The molecule has 0 aliphatic heterocycles. The Labute approximate surface area is 121 Å². The third-order valence-electron chi connectivity index (χ3n) is 2.70. The Kier molecular flexibility index (Phi) is 7.43. The molecule has 20 heavy (non-hydrogen) atoms. The van der Waals surface area contributed by atoms with Gasteiger partial charge in [0, 0.05) is 12.6 Å². The first-order chi connectivity index (χ1) is 9.61. The van der Waals surface area contributed by atoms with Crippen molar-refractivity contribution in [2.45, 2.75) is 13.3 Å². The minimum atomic E-state index is -0.0577. The highest BCUT2D eigenvalue weighted by atomic mass is 16.5. The van der Waals surface area contributed by atoms with Crippen LogP contribution < -0.4 is 10.1 Å². The Hall–Kier alpha value is -1.81. The predicted molar refractivity (Wildman–Crippen MR) is 82.8 cm³/mol. The summed E-state index contributed by atoms with van der Waals surface area (Å²) in [6, 6.07) is 7.66. The van der Waals surface area contributed by atoms with Gasteiger partial charge >= 0.3 is 0 Å². The summed E-state index contributed by atoms with van der Waals surface area (Å²) in [6.45, 7) is 4.28. The number of nitrogens with one attached hydrogen (secondary N) is 1. The van der Waals surface area contributed by atoms with Gasteiger partial charge < -0.3 is 15.0 Å². The van der Waals surface area contributed by atoms with Gasteiger partial charge in [0.25, 0.3) is 0 Å². The molecule has 0 atom stereocenters. The summed E-state index contributed by atoms with van der Waals surface area (Å²) in [5.74, 6) is 0.787. The van der Waals surface area contributed by atoms with Gasteiger partial charge in [0.2, 0.25) is 5.91 Å². The summed E-state index contributed by atoms with van der Waals surface area (Å²) in [7, 11) is 4.04. The average molecular weight is 276 g/mol. The van der Waals surface area contributed by atoms with E-state index in [1.54, 1.807) is 12.2 Å². The van der Waals surface area contributed by atoms with Crippen LogP contribution in [0.15, 0.2) is 30.3 Å². The molecule has 0 heterocycles. The van der Waals surface area contributed by atoms with Crippen LogP contribution in [-0.4, -0.2) is 44.6 Å². The fourth-order valence-electron chi connectivity index (χ4n) is 1.68. The van der Waals surface area contributed by atoms with Crippen LogP contribution >= 0.6 is 0 Å². The number of hydrogen-bond donors (Lipinski definition) is 1. The lowest BCUT2D eigenvalue weighted by Crippen LogP contribution is -2.25. The first kappa shape index (κ1) is 16.2. The largest absolute Gasteiger partial charge is 0.494 e. The molecular formula is C16H24N2O2. The van der Waals surface area contributed by atoms with E-state index < -0.39 is 0 Å². The third-order valence-corrected chi connectivity index (χ3v) is 2.70. The molecule has 0 saturated heterocycles. The zero-order valence-electron chi connectivity index (χ0n) is 12.6. The van der Waals surface area contributed by atoms with Gasteiger partial charge in [0.15, 0.2) is 0 Å². The van der Waals surface area contributed by atoms with Crippen LogP contribution in [0.5, 0.6) is 5.75 Å². The van der Waals surface area contributed by atoms with Crippen LogP contribution in [0.3, 0.4) is 0 Å². The normalized spacial score (nSPS) is 11.0. The van der Waals surface area contributed by atoms with Crippen molar-refractivity contribution < 1.29 is 9.53 Å². The van der Waals surface area contributed by atoms with E-state index in [0.29, 0.717) is 13.2 Å². The number of ether oxygens (including phenoxy) is 1. The van der Waals surface area contributed by atoms with E-state index in [-0.39, 0.29) is 5.91 Å². The van der Waals surface area contributed by atoms with Gasteiger partial charge in [-0.1, -0.05) is 12.1 Å². The smallest absolute Gasteiger partial charge is 0.243 e. The Balaban J connectivity index is 2.33. The van der Waals surface area contributed by atoms with Gasteiger partial charge in [-0.3, -0.25) is 4.79 Å². The van der Waals surface area contributed by atoms with Crippen molar-refractivity contribution >= 4 is 12.0 Å². The van der Waals surface area contributed by atoms with E-state index in [1.807, 2.05) is 45.3 Å². The molecule has 0 fully saturated rings. The molecule has 0 aliphatic rings. The van der Waals surface area contributed by atoms with E-state index in [1.165, 1.54) is 0 Å².